The van der Waals surface area contributed by atoms with E-state index in [0.29, 0.717) is 28.8 Å². The Hall–Kier alpha value is -5.12. The fourth-order valence-electron chi connectivity index (χ4n) is 3.91. The summed E-state index contributed by atoms with van der Waals surface area (Å²) in [6.07, 6.45) is 8.83. The van der Waals surface area contributed by atoms with Crippen molar-refractivity contribution < 1.29 is 9.32 Å². The number of nitrogens with zero attached hydrogens (tertiary/aromatic N) is 6. The largest absolute Gasteiger partial charge is 0.360 e. The number of imidazole rings is 2. The second kappa shape index (κ2) is 8.91. The van der Waals surface area contributed by atoms with Crippen molar-refractivity contribution in [2.24, 2.45) is 0 Å². The van der Waals surface area contributed by atoms with Crippen molar-refractivity contribution in [1.29, 1.82) is 0 Å². The number of aromatic amines is 1. The normalized spacial score (nSPS) is 11.1. The minimum atomic E-state index is -0.202. The summed E-state index contributed by atoms with van der Waals surface area (Å²) in [4.78, 5) is 33.5. The Morgan fingerprint density at radius 3 is 2.75 bits per heavy atom. The smallest absolute Gasteiger partial charge is 0.232 e. The fraction of sp³-hybridized carbons (Fsp3) is 0.0769. The van der Waals surface area contributed by atoms with Crippen LogP contribution in [-0.4, -0.2) is 40.6 Å². The minimum Gasteiger partial charge on any atom is -0.360 e. The highest BCUT2D eigenvalue weighted by atomic mass is 16.5. The number of benzene rings is 1. The third-order valence-corrected chi connectivity index (χ3v) is 5.63. The molecular weight excluding hydrogens is 456 g/mol. The topological polar surface area (TPSA) is 127 Å². The lowest BCUT2D eigenvalue weighted by Crippen LogP contribution is -2.13. The van der Waals surface area contributed by atoms with Gasteiger partial charge in [-0.25, -0.2) is 15.0 Å². The monoisotopic (exact) mass is 476 g/mol. The van der Waals surface area contributed by atoms with Crippen molar-refractivity contribution in [3.63, 3.8) is 0 Å². The molecule has 0 saturated carbocycles. The first-order valence-corrected chi connectivity index (χ1v) is 11.2. The van der Waals surface area contributed by atoms with Crippen molar-refractivity contribution in [2.45, 2.75) is 13.3 Å². The van der Waals surface area contributed by atoms with Gasteiger partial charge in [-0.15, -0.1) is 0 Å². The predicted molar refractivity (Wildman–Crippen MR) is 133 cm³/mol. The number of H-pyrrole nitrogens is 1. The number of rotatable bonds is 6. The molecule has 0 aliphatic carbocycles. The van der Waals surface area contributed by atoms with Gasteiger partial charge in [0, 0.05) is 47.7 Å². The van der Waals surface area contributed by atoms with E-state index in [2.05, 4.69) is 30.4 Å². The van der Waals surface area contributed by atoms with Gasteiger partial charge in [0.15, 0.2) is 5.82 Å². The number of aryl methyl sites for hydroxylation is 1. The van der Waals surface area contributed by atoms with Crippen LogP contribution in [0.2, 0.25) is 0 Å². The second-order valence-electron chi connectivity index (χ2n) is 8.26. The first kappa shape index (κ1) is 21.4. The molecule has 0 saturated heterocycles. The lowest BCUT2D eigenvalue weighted by molar-refractivity contribution is -0.115. The van der Waals surface area contributed by atoms with E-state index in [1.54, 1.807) is 31.0 Å². The molecule has 0 atom stereocenters. The number of nitrogens with one attached hydrogen (secondary N) is 2. The van der Waals surface area contributed by atoms with Crippen LogP contribution >= 0.6 is 0 Å². The Bertz CT molecular complexity index is 1670. The van der Waals surface area contributed by atoms with E-state index >= 15 is 0 Å². The van der Waals surface area contributed by atoms with E-state index in [9.17, 15) is 4.79 Å². The van der Waals surface area contributed by atoms with Crippen LogP contribution in [0.5, 0.6) is 0 Å². The van der Waals surface area contributed by atoms with Gasteiger partial charge in [-0.1, -0.05) is 5.16 Å². The Morgan fingerprint density at radius 2 is 1.97 bits per heavy atom. The maximum absolute atomic E-state index is 12.5. The molecule has 0 bridgehead atoms. The molecule has 0 unspecified atom stereocenters. The summed E-state index contributed by atoms with van der Waals surface area (Å²) in [5.41, 5.74) is 5.55. The number of hydrogen-bond donors (Lipinski definition) is 2. The molecule has 5 aromatic heterocycles. The Balaban J connectivity index is 1.16. The molecule has 0 aliphatic rings. The number of amides is 1. The number of carbonyl (C=O) groups excluding carboxylic acids is 1. The Morgan fingerprint density at radius 1 is 1.08 bits per heavy atom. The van der Waals surface area contributed by atoms with Crippen molar-refractivity contribution in [3.8, 4) is 28.5 Å². The van der Waals surface area contributed by atoms with E-state index in [1.165, 1.54) is 0 Å². The van der Waals surface area contributed by atoms with Gasteiger partial charge < -0.3 is 14.8 Å². The summed E-state index contributed by atoms with van der Waals surface area (Å²) >= 11 is 0. The third kappa shape index (κ3) is 4.23. The molecule has 176 valence electrons. The lowest BCUT2D eigenvalue weighted by Gasteiger charge is -2.04. The Kier molecular flexibility index (Phi) is 5.30. The van der Waals surface area contributed by atoms with Gasteiger partial charge in [0.05, 0.1) is 17.6 Å². The number of aromatic nitrogens is 7. The van der Waals surface area contributed by atoms with Crippen molar-refractivity contribution >= 4 is 22.6 Å². The van der Waals surface area contributed by atoms with E-state index in [1.807, 2.05) is 60.2 Å². The summed E-state index contributed by atoms with van der Waals surface area (Å²) in [7, 11) is 0. The highest BCUT2D eigenvalue weighted by Crippen LogP contribution is 2.25. The maximum atomic E-state index is 12.5. The van der Waals surface area contributed by atoms with Gasteiger partial charge in [0.25, 0.3) is 0 Å². The second-order valence-corrected chi connectivity index (χ2v) is 8.26. The summed E-state index contributed by atoms with van der Waals surface area (Å²) in [5.74, 6) is 1.69. The molecule has 36 heavy (non-hydrogen) atoms. The highest BCUT2D eigenvalue weighted by molar-refractivity contribution is 5.92. The first-order chi connectivity index (χ1) is 17.6. The van der Waals surface area contributed by atoms with Crippen LogP contribution < -0.4 is 5.32 Å². The first-order valence-electron chi connectivity index (χ1n) is 11.2. The van der Waals surface area contributed by atoms with Crippen LogP contribution in [0.25, 0.3) is 39.5 Å². The number of fused-ring (bicyclic) bond motifs is 1. The molecule has 1 amide bonds. The molecule has 0 fully saturated rings. The fourth-order valence-corrected chi connectivity index (χ4v) is 3.91. The predicted octanol–water partition coefficient (Wildman–Crippen LogP) is 4.35. The Labute approximate surface area is 205 Å². The van der Waals surface area contributed by atoms with Gasteiger partial charge >= 0.3 is 0 Å². The third-order valence-electron chi connectivity index (χ3n) is 5.63. The van der Waals surface area contributed by atoms with E-state index in [0.717, 1.165) is 27.9 Å². The molecule has 0 aliphatic heterocycles. The number of hydrogen-bond acceptors (Lipinski definition) is 7. The van der Waals surface area contributed by atoms with Crippen LogP contribution in [0.3, 0.4) is 0 Å². The van der Waals surface area contributed by atoms with Gasteiger partial charge in [-0.3, -0.25) is 14.3 Å². The molecule has 1 aromatic carbocycles. The van der Waals surface area contributed by atoms with E-state index in [-0.39, 0.29) is 12.3 Å². The maximum Gasteiger partial charge on any atom is 0.232 e. The summed E-state index contributed by atoms with van der Waals surface area (Å²) < 4.78 is 7.17. The SMILES string of the molecule is Cc1cn(-c2nccc3[nH]c(-c4ccc(NC(=O)Cc5cc(-c6cccnc6)no5)cc4)nc23)cn1. The molecule has 6 rings (SSSR count). The molecule has 2 N–H and O–H groups in total. The van der Waals surface area contributed by atoms with Gasteiger partial charge in [-0.2, -0.15) is 0 Å². The molecule has 10 heteroatoms. The van der Waals surface area contributed by atoms with Crippen LogP contribution in [0.1, 0.15) is 11.5 Å². The number of anilines is 1. The van der Waals surface area contributed by atoms with E-state index in [4.69, 9.17) is 9.51 Å². The van der Waals surface area contributed by atoms with Gasteiger partial charge in [-0.05, 0) is 49.4 Å². The zero-order chi connectivity index (χ0) is 24.5. The molecule has 10 nitrogen and oxygen atoms in total. The van der Waals surface area contributed by atoms with Crippen molar-refractivity contribution in [2.75, 3.05) is 5.32 Å². The minimum absolute atomic E-state index is 0.0715. The zero-order valence-electron chi connectivity index (χ0n) is 19.2. The van der Waals surface area contributed by atoms with Crippen LogP contribution in [-0.2, 0) is 11.2 Å². The average Bonchev–Trinajstić information content (AvgIpc) is 3.64. The standard InChI is InChI=1S/C26H20N8O2/c1-16-14-34(15-29-16)26-24-21(8-10-28-26)31-25(32-24)17-4-6-19(7-5-17)30-23(35)12-20-11-22(33-36-20)18-3-2-9-27-13-18/h2-11,13-15H,12H2,1H3,(H,30,35)(H,31,32). The molecule has 6 aromatic rings. The molecule has 0 radical (unpaired) electrons. The summed E-state index contributed by atoms with van der Waals surface area (Å²) in [5, 5.41) is 6.91. The van der Waals surface area contributed by atoms with E-state index < -0.39 is 0 Å². The summed E-state index contributed by atoms with van der Waals surface area (Å²) in [6, 6.07) is 14.8. The van der Waals surface area contributed by atoms with Crippen molar-refractivity contribution in [1.82, 2.24) is 34.6 Å². The van der Waals surface area contributed by atoms with Gasteiger partial charge in [0.2, 0.25) is 5.91 Å². The number of pyridine rings is 2. The van der Waals surface area contributed by atoms with Crippen molar-refractivity contribution in [3.05, 3.63) is 91.1 Å². The van der Waals surface area contributed by atoms with Crippen LogP contribution in [0.4, 0.5) is 5.69 Å². The summed E-state index contributed by atoms with van der Waals surface area (Å²) in [6.45, 7) is 1.93. The van der Waals surface area contributed by atoms with Crippen LogP contribution in [0, 0.1) is 6.92 Å². The lowest BCUT2D eigenvalue weighted by atomic mass is 10.2. The molecule has 0 spiro atoms. The average molecular weight is 477 g/mol. The molecule has 5 heterocycles. The van der Waals surface area contributed by atoms with Gasteiger partial charge in [0.1, 0.15) is 29.1 Å². The quantitative estimate of drug-likeness (QED) is 0.366. The van der Waals surface area contributed by atoms with Crippen LogP contribution in [0.15, 0.2) is 84.2 Å². The zero-order valence-corrected chi connectivity index (χ0v) is 19.2. The number of carbonyl (C=O) groups is 1. The highest BCUT2D eigenvalue weighted by Gasteiger charge is 2.14. The molecular formula is C26H20N8O2.